The third kappa shape index (κ3) is 2.95. The highest BCUT2D eigenvalue weighted by Gasteiger charge is 2.30. The van der Waals surface area contributed by atoms with Gasteiger partial charge in [0.1, 0.15) is 5.75 Å². The summed E-state index contributed by atoms with van der Waals surface area (Å²) in [5, 5.41) is 2.49. The predicted octanol–water partition coefficient (Wildman–Crippen LogP) is 5.13. The van der Waals surface area contributed by atoms with E-state index in [2.05, 4.69) is 41.8 Å². The van der Waals surface area contributed by atoms with Gasteiger partial charge in [-0.3, -0.25) is 4.90 Å². The molecule has 1 atom stereocenters. The first-order chi connectivity index (χ1) is 11.7. The molecule has 0 spiro atoms. The van der Waals surface area contributed by atoms with Crippen LogP contribution in [0.1, 0.15) is 37.7 Å². The van der Waals surface area contributed by atoms with Crippen molar-refractivity contribution in [3.63, 3.8) is 0 Å². The average Bonchev–Trinajstić information content (AvgIpc) is 2.59. The summed E-state index contributed by atoms with van der Waals surface area (Å²) >= 11 is 0. The lowest BCUT2D eigenvalue weighted by molar-refractivity contribution is 0.0904. The van der Waals surface area contributed by atoms with E-state index in [1.54, 1.807) is 7.11 Å². The van der Waals surface area contributed by atoms with Gasteiger partial charge in [0.05, 0.1) is 7.11 Å². The first kappa shape index (κ1) is 15.7. The van der Waals surface area contributed by atoms with Gasteiger partial charge in [0, 0.05) is 12.6 Å². The van der Waals surface area contributed by atoms with Crippen LogP contribution >= 0.6 is 0 Å². The molecule has 1 aliphatic carbocycles. The van der Waals surface area contributed by atoms with Crippen LogP contribution in [0.3, 0.4) is 0 Å². The summed E-state index contributed by atoms with van der Waals surface area (Å²) in [6, 6.07) is 13.8. The van der Waals surface area contributed by atoms with E-state index in [9.17, 15) is 0 Å². The molecule has 2 fully saturated rings. The number of hydrogen-bond acceptors (Lipinski definition) is 2. The van der Waals surface area contributed by atoms with E-state index in [1.807, 2.05) is 6.07 Å². The number of hydrogen-bond donors (Lipinski definition) is 0. The lowest BCUT2D eigenvalue weighted by atomic mass is 9.83. The molecule has 0 N–H and O–H groups in total. The lowest BCUT2D eigenvalue weighted by Crippen LogP contribution is -2.46. The van der Waals surface area contributed by atoms with Crippen molar-refractivity contribution in [3.05, 3.63) is 48.5 Å². The monoisotopic (exact) mass is 321 g/mol. The van der Waals surface area contributed by atoms with Gasteiger partial charge >= 0.3 is 0 Å². The summed E-state index contributed by atoms with van der Waals surface area (Å²) in [5.41, 5.74) is 2.62. The van der Waals surface area contributed by atoms with E-state index in [-0.39, 0.29) is 0 Å². The fourth-order valence-electron chi connectivity index (χ4n) is 4.16. The van der Waals surface area contributed by atoms with Gasteiger partial charge in [-0.2, -0.15) is 0 Å². The van der Waals surface area contributed by atoms with E-state index < -0.39 is 0 Å². The Morgan fingerprint density at radius 1 is 1.04 bits per heavy atom. The zero-order chi connectivity index (χ0) is 16.5. The summed E-state index contributed by atoms with van der Waals surface area (Å²) in [6.07, 6.45) is 6.81. The maximum atomic E-state index is 5.32. The van der Waals surface area contributed by atoms with Crippen LogP contribution in [0, 0.1) is 5.92 Å². The number of methoxy groups -OCH3 is 1. The molecule has 126 valence electrons. The summed E-state index contributed by atoms with van der Waals surface area (Å²) in [5.74, 6) is 1.52. The molecular weight excluding hydrogens is 294 g/mol. The highest BCUT2D eigenvalue weighted by Crippen LogP contribution is 2.35. The van der Waals surface area contributed by atoms with Crippen LogP contribution < -0.4 is 4.74 Å². The molecule has 0 aromatic heterocycles. The number of rotatable bonds is 4. The minimum Gasteiger partial charge on any atom is -0.497 e. The van der Waals surface area contributed by atoms with Crippen molar-refractivity contribution in [2.24, 2.45) is 5.92 Å². The number of nitrogens with zero attached hydrogens (tertiary/aromatic N) is 1. The molecule has 0 amide bonds. The van der Waals surface area contributed by atoms with Crippen molar-refractivity contribution in [1.29, 1.82) is 0 Å². The van der Waals surface area contributed by atoms with Crippen molar-refractivity contribution < 1.29 is 4.74 Å². The molecule has 2 nitrogen and oxygen atoms in total. The van der Waals surface area contributed by atoms with Gasteiger partial charge in [-0.05, 0) is 78.3 Å². The molecule has 2 aromatic carbocycles. The van der Waals surface area contributed by atoms with Crippen molar-refractivity contribution in [1.82, 2.24) is 4.90 Å². The third-order valence-electron chi connectivity index (χ3n) is 5.95. The summed E-state index contributed by atoms with van der Waals surface area (Å²) < 4.78 is 5.32. The highest BCUT2D eigenvalue weighted by atomic mass is 16.5. The summed E-state index contributed by atoms with van der Waals surface area (Å²) in [4.78, 5) is 2.72. The molecule has 1 unspecified atom stereocenters. The molecule has 24 heavy (non-hydrogen) atoms. The van der Waals surface area contributed by atoms with E-state index in [0.29, 0.717) is 5.92 Å². The number of benzene rings is 2. The molecule has 1 heterocycles. The predicted molar refractivity (Wildman–Crippen MR) is 101 cm³/mol. The van der Waals surface area contributed by atoms with E-state index in [0.717, 1.165) is 11.8 Å². The Kier molecular flexibility index (Phi) is 4.32. The molecule has 1 saturated heterocycles. The van der Waals surface area contributed by atoms with Crippen LogP contribution in [0.5, 0.6) is 5.75 Å². The Bertz CT molecular complexity index is 747. The number of likely N-dealkylation sites (tertiary alicyclic amines) is 1. The summed E-state index contributed by atoms with van der Waals surface area (Å²) in [7, 11) is 1.72. The summed E-state index contributed by atoms with van der Waals surface area (Å²) in [6.45, 7) is 6.96. The van der Waals surface area contributed by atoms with Crippen LogP contribution in [0.25, 0.3) is 16.3 Å². The van der Waals surface area contributed by atoms with Gasteiger partial charge in [0.15, 0.2) is 0 Å². The van der Waals surface area contributed by atoms with Gasteiger partial charge in [-0.25, -0.2) is 0 Å². The van der Waals surface area contributed by atoms with Gasteiger partial charge in [0.2, 0.25) is 0 Å². The topological polar surface area (TPSA) is 12.5 Å². The molecule has 2 heteroatoms. The van der Waals surface area contributed by atoms with Crippen molar-refractivity contribution in [2.75, 3.05) is 20.2 Å². The molecule has 2 aliphatic rings. The molecule has 1 aliphatic heterocycles. The zero-order valence-electron chi connectivity index (χ0n) is 14.6. The van der Waals surface area contributed by atoms with E-state index in [1.165, 1.54) is 67.1 Å². The zero-order valence-corrected chi connectivity index (χ0v) is 14.6. The quantitative estimate of drug-likeness (QED) is 0.774. The molecule has 4 rings (SSSR count). The van der Waals surface area contributed by atoms with Crippen molar-refractivity contribution in [3.8, 4) is 5.75 Å². The van der Waals surface area contributed by atoms with Gasteiger partial charge in [-0.1, -0.05) is 31.2 Å². The second-order valence-electron chi connectivity index (χ2n) is 7.37. The van der Waals surface area contributed by atoms with Gasteiger partial charge in [0.25, 0.3) is 0 Å². The Hall–Kier alpha value is -1.80. The van der Waals surface area contributed by atoms with Crippen LogP contribution in [-0.4, -0.2) is 31.1 Å². The first-order valence-corrected chi connectivity index (χ1v) is 9.25. The molecule has 2 aromatic rings. The van der Waals surface area contributed by atoms with Crippen LogP contribution in [0.2, 0.25) is 0 Å². The lowest BCUT2D eigenvalue weighted by Gasteiger charge is -2.43. The molecule has 1 saturated carbocycles. The largest absolute Gasteiger partial charge is 0.497 e. The van der Waals surface area contributed by atoms with E-state index >= 15 is 0 Å². The van der Waals surface area contributed by atoms with Crippen LogP contribution in [0.15, 0.2) is 43.0 Å². The van der Waals surface area contributed by atoms with Crippen molar-refractivity contribution in [2.45, 2.75) is 38.1 Å². The van der Waals surface area contributed by atoms with Gasteiger partial charge in [-0.15, -0.1) is 0 Å². The van der Waals surface area contributed by atoms with Crippen LogP contribution in [0.4, 0.5) is 0 Å². The Balaban J connectivity index is 1.53. The highest BCUT2D eigenvalue weighted by molar-refractivity contribution is 5.87. The Morgan fingerprint density at radius 2 is 1.83 bits per heavy atom. The standard InChI is InChI=1S/C22H27NO/c1-16(20-5-4-12-23(15-20)21-6-3-7-21)17-8-9-19-14-22(24-2)11-10-18(19)13-17/h8-11,13-14,20-21H,1,3-7,12,15H2,2H3. The first-order valence-electron chi connectivity index (χ1n) is 9.25. The van der Waals surface area contributed by atoms with Crippen LogP contribution in [-0.2, 0) is 0 Å². The number of fused-ring (bicyclic) bond motifs is 1. The van der Waals surface area contributed by atoms with Gasteiger partial charge < -0.3 is 4.74 Å². The Morgan fingerprint density at radius 3 is 2.58 bits per heavy atom. The maximum Gasteiger partial charge on any atom is 0.119 e. The minimum absolute atomic E-state index is 0.607. The van der Waals surface area contributed by atoms with E-state index in [4.69, 9.17) is 4.74 Å². The minimum atomic E-state index is 0.607. The number of piperidine rings is 1. The Labute approximate surface area is 145 Å². The number of ether oxygens (including phenoxy) is 1. The fourth-order valence-corrected chi connectivity index (χ4v) is 4.16. The maximum absolute atomic E-state index is 5.32. The second kappa shape index (κ2) is 6.60. The molecule has 0 radical (unpaired) electrons. The smallest absolute Gasteiger partial charge is 0.119 e. The third-order valence-corrected chi connectivity index (χ3v) is 5.95. The second-order valence-corrected chi connectivity index (χ2v) is 7.37. The SMILES string of the molecule is C=C(c1ccc2cc(OC)ccc2c1)C1CCCN(C2CCC2)C1. The van der Waals surface area contributed by atoms with Crippen molar-refractivity contribution >= 4 is 16.3 Å². The molecule has 0 bridgehead atoms. The fraction of sp³-hybridized carbons (Fsp3) is 0.455. The normalized spacial score (nSPS) is 22.3. The average molecular weight is 321 g/mol. The molecular formula is C22H27NO.